The van der Waals surface area contributed by atoms with Gasteiger partial charge in [0, 0.05) is 26.2 Å². The van der Waals surface area contributed by atoms with Crippen LogP contribution in [0, 0.1) is 6.92 Å². The number of anilines is 3. The summed E-state index contributed by atoms with van der Waals surface area (Å²) in [4.78, 5) is 21.4. The molecule has 0 radical (unpaired) electrons. The Balaban J connectivity index is 1.38. The van der Waals surface area contributed by atoms with E-state index in [9.17, 15) is 0 Å². The molecule has 4 heterocycles. The van der Waals surface area contributed by atoms with E-state index < -0.39 is 0 Å². The molecule has 1 saturated heterocycles. The number of fused-ring (bicyclic) bond motifs is 3. The first kappa shape index (κ1) is 22.8. The molecule has 1 fully saturated rings. The van der Waals surface area contributed by atoms with Gasteiger partial charge in [-0.1, -0.05) is 23.7 Å². The van der Waals surface area contributed by atoms with Crippen molar-refractivity contribution in [1.29, 1.82) is 0 Å². The SMILES string of the molecule is Cc1cccc(Cl)c1Nc1nc2ccc(N3CCN(CCCN(C)C)CC3)nc2n2cncc12. The van der Waals surface area contributed by atoms with Gasteiger partial charge in [0.05, 0.1) is 16.9 Å². The molecule has 1 aliphatic heterocycles. The fourth-order valence-corrected chi connectivity index (χ4v) is 4.77. The standard InChI is InChI=1S/C25H31ClN8/c1-18-6-4-7-19(26)23(18)30-24-21-16-27-17-34(21)25-20(28-24)8-9-22(29-25)33-14-12-32(13-15-33)11-5-10-31(2)3/h4,6-9,16-17H,5,10-15H2,1-3H3,(H,28,30). The second-order valence-electron chi connectivity index (χ2n) is 9.16. The Kier molecular flexibility index (Phi) is 6.54. The maximum atomic E-state index is 6.45. The predicted octanol–water partition coefficient (Wildman–Crippen LogP) is 4.06. The highest BCUT2D eigenvalue weighted by Gasteiger charge is 2.19. The minimum absolute atomic E-state index is 0.661. The van der Waals surface area contributed by atoms with Crippen LogP contribution < -0.4 is 10.2 Å². The smallest absolute Gasteiger partial charge is 0.166 e. The van der Waals surface area contributed by atoms with Crippen molar-refractivity contribution in [2.75, 3.05) is 63.6 Å². The van der Waals surface area contributed by atoms with Crippen LogP contribution in [-0.2, 0) is 0 Å². The number of piperazine rings is 1. The van der Waals surface area contributed by atoms with E-state index in [1.54, 1.807) is 6.33 Å². The molecule has 9 heteroatoms. The van der Waals surface area contributed by atoms with E-state index >= 15 is 0 Å². The summed E-state index contributed by atoms with van der Waals surface area (Å²) >= 11 is 6.45. The summed E-state index contributed by atoms with van der Waals surface area (Å²) in [6.07, 6.45) is 4.81. The van der Waals surface area contributed by atoms with E-state index in [0.717, 1.165) is 73.0 Å². The number of pyridine rings is 1. The van der Waals surface area contributed by atoms with E-state index in [2.05, 4.69) is 45.2 Å². The Hall–Kier alpha value is -2.94. The van der Waals surface area contributed by atoms with Crippen molar-refractivity contribution in [3.05, 3.63) is 53.4 Å². The molecule has 0 atom stereocenters. The van der Waals surface area contributed by atoms with Crippen molar-refractivity contribution in [2.45, 2.75) is 13.3 Å². The lowest BCUT2D eigenvalue weighted by atomic mass is 10.2. The second kappa shape index (κ2) is 9.74. The zero-order chi connectivity index (χ0) is 23.7. The molecule has 1 aliphatic rings. The Bertz CT molecular complexity index is 1270. The average molecular weight is 479 g/mol. The minimum Gasteiger partial charge on any atom is -0.354 e. The molecule has 0 aliphatic carbocycles. The Morgan fingerprint density at radius 3 is 2.65 bits per heavy atom. The van der Waals surface area contributed by atoms with Crippen LogP contribution in [0.4, 0.5) is 17.3 Å². The summed E-state index contributed by atoms with van der Waals surface area (Å²) in [5.74, 6) is 1.70. The molecule has 178 valence electrons. The third kappa shape index (κ3) is 4.66. The molecule has 3 aromatic heterocycles. The largest absolute Gasteiger partial charge is 0.354 e. The fraction of sp³-hybridized carbons (Fsp3) is 0.400. The van der Waals surface area contributed by atoms with Crippen molar-refractivity contribution in [3.63, 3.8) is 0 Å². The molecule has 8 nitrogen and oxygen atoms in total. The topological polar surface area (TPSA) is 64.8 Å². The zero-order valence-electron chi connectivity index (χ0n) is 20.0. The normalized spacial score (nSPS) is 15.0. The number of rotatable bonds is 7. The van der Waals surface area contributed by atoms with Gasteiger partial charge < -0.3 is 15.1 Å². The molecular weight excluding hydrogens is 448 g/mol. The van der Waals surface area contributed by atoms with Gasteiger partial charge in [-0.25, -0.2) is 15.0 Å². The monoisotopic (exact) mass is 478 g/mol. The van der Waals surface area contributed by atoms with Gasteiger partial charge in [-0.05, 0) is 64.3 Å². The minimum atomic E-state index is 0.661. The van der Waals surface area contributed by atoms with Gasteiger partial charge in [-0.2, -0.15) is 0 Å². The maximum absolute atomic E-state index is 6.45. The Labute approximate surface area is 205 Å². The third-order valence-corrected chi connectivity index (χ3v) is 6.74. The molecule has 5 rings (SSSR count). The highest BCUT2D eigenvalue weighted by atomic mass is 35.5. The average Bonchev–Trinajstić information content (AvgIpc) is 3.32. The molecule has 1 aromatic carbocycles. The highest BCUT2D eigenvalue weighted by Crippen LogP contribution is 2.31. The summed E-state index contributed by atoms with van der Waals surface area (Å²) in [7, 11) is 4.26. The summed E-state index contributed by atoms with van der Waals surface area (Å²) in [5.41, 5.74) is 4.39. The van der Waals surface area contributed by atoms with Crippen LogP contribution in [0.5, 0.6) is 0 Å². The molecule has 0 spiro atoms. The first-order valence-corrected chi connectivity index (χ1v) is 12.1. The van der Waals surface area contributed by atoms with Crippen LogP contribution in [0.25, 0.3) is 16.7 Å². The van der Waals surface area contributed by atoms with Crippen molar-refractivity contribution in [3.8, 4) is 0 Å². The van der Waals surface area contributed by atoms with Crippen molar-refractivity contribution in [2.24, 2.45) is 0 Å². The summed E-state index contributed by atoms with van der Waals surface area (Å²) < 4.78 is 2.00. The van der Waals surface area contributed by atoms with Crippen molar-refractivity contribution >= 4 is 45.6 Å². The van der Waals surface area contributed by atoms with E-state index in [1.165, 1.54) is 6.42 Å². The lowest BCUT2D eigenvalue weighted by molar-refractivity contribution is 0.242. The number of aryl methyl sites for hydroxylation is 1. The number of aromatic nitrogens is 4. The van der Waals surface area contributed by atoms with Crippen molar-refractivity contribution < 1.29 is 0 Å². The number of hydrogen-bond donors (Lipinski definition) is 1. The van der Waals surface area contributed by atoms with Crippen LogP contribution in [0.1, 0.15) is 12.0 Å². The van der Waals surface area contributed by atoms with Crippen LogP contribution in [0.15, 0.2) is 42.9 Å². The lowest BCUT2D eigenvalue weighted by Crippen LogP contribution is -2.47. The van der Waals surface area contributed by atoms with Gasteiger partial charge in [0.1, 0.15) is 23.2 Å². The molecule has 0 unspecified atom stereocenters. The number of hydrogen-bond acceptors (Lipinski definition) is 7. The van der Waals surface area contributed by atoms with Crippen molar-refractivity contribution in [1.82, 2.24) is 29.2 Å². The van der Waals surface area contributed by atoms with Crippen LogP contribution in [-0.4, -0.2) is 82.5 Å². The van der Waals surface area contributed by atoms with Gasteiger partial charge in [0.15, 0.2) is 11.5 Å². The van der Waals surface area contributed by atoms with E-state index in [1.807, 2.05) is 41.8 Å². The van der Waals surface area contributed by atoms with Crippen LogP contribution in [0.2, 0.25) is 5.02 Å². The molecule has 34 heavy (non-hydrogen) atoms. The maximum Gasteiger partial charge on any atom is 0.166 e. The first-order chi connectivity index (χ1) is 16.5. The predicted molar refractivity (Wildman–Crippen MR) is 140 cm³/mol. The summed E-state index contributed by atoms with van der Waals surface area (Å²) in [6, 6.07) is 9.97. The van der Waals surface area contributed by atoms with E-state index in [-0.39, 0.29) is 0 Å². The Morgan fingerprint density at radius 1 is 1.06 bits per heavy atom. The quantitative estimate of drug-likeness (QED) is 0.429. The van der Waals surface area contributed by atoms with Crippen LogP contribution in [0.3, 0.4) is 0 Å². The molecule has 0 amide bonds. The first-order valence-electron chi connectivity index (χ1n) is 11.8. The number of nitrogens with zero attached hydrogens (tertiary/aromatic N) is 7. The number of halogens is 1. The Morgan fingerprint density at radius 2 is 1.88 bits per heavy atom. The van der Waals surface area contributed by atoms with E-state index in [0.29, 0.717) is 10.8 Å². The number of para-hydroxylation sites is 1. The number of imidazole rings is 1. The molecule has 0 bridgehead atoms. The zero-order valence-corrected chi connectivity index (χ0v) is 20.8. The summed E-state index contributed by atoms with van der Waals surface area (Å²) in [6.45, 7) is 8.39. The van der Waals surface area contributed by atoms with Gasteiger partial charge in [0.25, 0.3) is 0 Å². The molecular formula is C25H31ClN8. The van der Waals surface area contributed by atoms with Gasteiger partial charge >= 0.3 is 0 Å². The van der Waals surface area contributed by atoms with Gasteiger partial charge in [-0.3, -0.25) is 9.30 Å². The van der Waals surface area contributed by atoms with E-state index in [4.69, 9.17) is 21.6 Å². The van der Waals surface area contributed by atoms with Gasteiger partial charge in [-0.15, -0.1) is 0 Å². The highest BCUT2D eigenvalue weighted by molar-refractivity contribution is 6.33. The second-order valence-corrected chi connectivity index (χ2v) is 9.57. The van der Waals surface area contributed by atoms with Crippen LogP contribution >= 0.6 is 11.6 Å². The summed E-state index contributed by atoms with van der Waals surface area (Å²) in [5, 5.41) is 4.08. The fourth-order valence-electron chi connectivity index (χ4n) is 4.50. The third-order valence-electron chi connectivity index (χ3n) is 6.42. The molecule has 0 saturated carbocycles. The lowest BCUT2D eigenvalue weighted by Gasteiger charge is -2.35. The number of benzene rings is 1. The van der Waals surface area contributed by atoms with Gasteiger partial charge in [0.2, 0.25) is 0 Å². The number of nitrogens with one attached hydrogen (secondary N) is 1. The molecule has 1 N–H and O–H groups in total. The molecule has 4 aromatic rings.